The maximum Gasteiger partial charge on any atom is 0.306 e. The molecule has 0 aliphatic heterocycles. The molecule has 0 spiro atoms. The summed E-state index contributed by atoms with van der Waals surface area (Å²) in [6, 6.07) is 0. The average Bonchev–Trinajstić information content (AvgIpc) is 3.25. The van der Waals surface area contributed by atoms with Crippen molar-refractivity contribution in [2.45, 2.75) is 309 Å². The van der Waals surface area contributed by atoms with Crippen LogP contribution in [0.5, 0.6) is 0 Å². The summed E-state index contributed by atoms with van der Waals surface area (Å²) in [5.74, 6) is -0.379. The van der Waals surface area contributed by atoms with Crippen LogP contribution in [0.15, 0.2) is 12.2 Å². The number of ether oxygens (including phenoxy) is 3. The Morgan fingerprint density at radius 3 is 1.02 bits per heavy atom. The van der Waals surface area contributed by atoms with Gasteiger partial charge in [0.25, 0.3) is 0 Å². The van der Waals surface area contributed by atoms with E-state index in [-0.39, 0.29) is 18.5 Å². The summed E-state index contributed by atoms with van der Waals surface area (Å²) in [5, 5.41) is 0. The number of carbonyl (C=O) groups excluding carboxylic acids is 2. The van der Waals surface area contributed by atoms with E-state index in [4.69, 9.17) is 14.2 Å². The number of rotatable bonds is 51. The second-order valence-corrected chi connectivity index (χ2v) is 18.5. The van der Waals surface area contributed by atoms with E-state index in [0.717, 1.165) is 32.1 Å². The lowest BCUT2D eigenvalue weighted by atomic mass is 10.0. The Morgan fingerprint density at radius 2 is 0.650 bits per heavy atom. The minimum absolute atomic E-state index is 0.0923. The third-order valence-corrected chi connectivity index (χ3v) is 12.3. The predicted octanol–water partition coefficient (Wildman–Crippen LogP) is 18.2. The van der Waals surface area contributed by atoms with Gasteiger partial charge in [0.2, 0.25) is 0 Å². The quantitative estimate of drug-likeness (QED) is 0.0347. The van der Waals surface area contributed by atoms with Gasteiger partial charge in [-0.2, -0.15) is 0 Å². The van der Waals surface area contributed by atoms with Gasteiger partial charge in [-0.3, -0.25) is 9.59 Å². The van der Waals surface area contributed by atoms with Crippen LogP contribution in [-0.4, -0.2) is 37.9 Å². The first-order valence-electron chi connectivity index (χ1n) is 27.2. The third-order valence-electron chi connectivity index (χ3n) is 12.3. The van der Waals surface area contributed by atoms with Gasteiger partial charge >= 0.3 is 11.9 Å². The van der Waals surface area contributed by atoms with Crippen molar-refractivity contribution in [3.05, 3.63) is 12.2 Å². The van der Waals surface area contributed by atoms with E-state index in [1.807, 2.05) is 0 Å². The van der Waals surface area contributed by atoms with Gasteiger partial charge in [-0.25, -0.2) is 0 Å². The molecule has 60 heavy (non-hydrogen) atoms. The summed E-state index contributed by atoms with van der Waals surface area (Å²) in [7, 11) is 0. The summed E-state index contributed by atoms with van der Waals surface area (Å²) in [5.41, 5.74) is 0. The Labute approximate surface area is 375 Å². The fourth-order valence-corrected chi connectivity index (χ4v) is 8.21. The highest BCUT2D eigenvalue weighted by atomic mass is 16.6. The van der Waals surface area contributed by atoms with E-state index in [0.29, 0.717) is 26.1 Å². The predicted molar refractivity (Wildman–Crippen MR) is 261 cm³/mol. The fraction of sp³-hybridized carbons (Fsp3) is 0.927. The lowest BCUT2D eigenvalue weighted by Gasteiger charge is -2.18. The van der Waals surface area contributed by atoms with E-state index in [2.05, 4.69) is 32.9 Å². The molecule has 0 amide bonds. The van der Waals surface area contributed by atoms with Gasteiger partial charge in [0.1, 0.15) is 6.61 Å². The first kappa shape index (κ1) is 58.6. The molecule has 0 aliphatic rings. The maximum atomic E-state index is 12.8. The maximum absolute atomic E-state index is 12.8. The van der Waals surface area contributed by atoms with Gasteiger partial charge < -0.3 is 14.2 Å². The van der Waals surface area contributed by atoms with E-state index in [1.54, 1.807) is 0 Å². The summed E-state index contributed by atoms with van der Waals surface area (Å²) < 4.78 is 17.4. The van der Waals surface area contributed by atoms with E-state index in [1.165, 1.54) is 238 Å². The standard InChI is InChI=1S/C55H106O5/c1-4-7-10-13-16-19-22-24-26-28-30-32-34-36-39-42-45-48-54(56)59-52-53(51-58-50-47-44-41-38-21-18-15-12-9-6-3)60-55(57)49-46-43-40-37-35-33-31-29-27-25-23-20-17-14-11-8-5-2/h24,26,53H,4-23,25,27-52H2,1-3H3/b26-24-. The smallest absolute Gasteiger partial charge is 0.306 e. The Balaban J connectivity index is 4.15. The van der Waals surface area contributed by atoms with E-state index < -0.39 is 6.10 Å². The second-order valence-electron chi connectivity index (χ2n) is 18.5. The molecule has 0 radical (unpaired) electrons. The summed E-state index contributed by atoms with van der Waals surface area (Å²) >= 11 is 0. The molecule has 0 bridgehead atoms. The number of hydrogen-bond donors (Lipinski definition) is 0. The van der Waals surface area contributed by atoms with Crippen LogP contribution in [0, 0.1) is 0 Å². The van der Waals surface area contributed by atoms with Crippen LogP contribution in [0.2, 0.25) is 0 Å². The van der Waals surface area contributed by atoms with Crippen molar-refractivity contribution < 1.29 is 23.8 Å². The second kappa shape index (κ2) is 52.0. The number of carbonyl (C=O) groups is 2. The summed E-state index contributed by atoms with van der Waals surface area (Å²) in [4.78, 5) is 25.4. The molecule has 1 unspecified atom stereocenters. The molecule has 0 saturated heterocycles. The molecule has 0 fully saturated rings. The largest absolute Gasteiger partial charge is 0.462 e. The van der Waals surface area contributed by atoms with Gasteiger partial charge in [0.05, 0.1) is 6.61 Å². The highest BCUT2D eigenvalue weighted by Gasteiger charge is 2.17. The zero-order chi connectivity index (χ0) is 43.5. The van der Waals surface area contributed by atoms with Gasteiger partial charge in [-0.05, 0) is 44.9 Å². The first-order chi connectivity index (χ1) is 29.6. The van der Waals surface area contributed by atoms with Crippen LogP contribution in [0.1, 0.15) is 303 Å². The molecular formula is C55H106O5. The van der Waals surface area contributed by atoms with Crippen LogP contribution in [0.25, 0.3) is 0 Å². The van der Waals surface area contributed by atoms with Crippen LogP contribution in [0.4, 0.5) is 0 Å². The number of allylic oxidation sites excluding steroid dienone is 2. The SMILES string of the molecule is CCCCCCCC/C=C\CCCCCCCCCC(=O)OCC(COCCCCCCCCCCCC)OC(=O)CCCCCCCCCCCCCCCCCCC. The molecule has 0 saturated carbocycles. The number of unbranched alkanes of at least 4 members (excludes halogenated alkanes) is 38. The lowest BCUT2D eigenvalue weighted by Crippen LogP contribution is -2.30. The highest BCUT2D eigenvalue weighted by molar-refractivity contribution is 5.70. The molecular weight excluding hydrogens is 741 g/mol. The van der Waals surface area contributed by atoms with Crippen molar-refractivity contribution in [3.8, 4) is 0 Å². The first-order valence-corrected chi connectivity index (χ1v) is 27.2. The van der Waals surface area contributed by atoms with Crippen molar-refractivity contribution in [3.63, 3.8) is 0 Å². The van der Waals surface area contributed by atoms with Crippen LogP contribution in [0.3, 0.4) is 0 Å². The summed E-state index contributed by atoms with van der Waals surface area (Å²) in [6.07, 6.45) is 59.3. The van der Waals surface area contributed by atoms with Crippen LogP contribution in [-0.2, 0) is 23.8 Å². The van der Waals surface area contributed by atoms with Gasteiger partial charge in [0, 0.05) is 19.4 Å². The molecule has 356 valence electrons. The third kappa shape index (κ3) is 49.3. The lowest BCUT2D eigenvalue weighted by molar-refractivity contribution is -0.163. The molecule has 5 heteroatoms. The molecule has 0 aromatic heterocycles. The van der Waals surface area contributed by atoms with E-state index >= 15 is 0 Å². The van der Waals surface area contributed by atoms with E-state index in [9.17, 15) is 9.59 Å². The molecule has 0 aromatic rings. The Morgan fingerprint density at radius 1 is 0.350 bits per heavy atom. The number of hydrogen-bond acceptors (Lipinski definition) is 5. The topological polar surface area (TPSA) is 61.8 Å². The van der Waals surface area contributed by atoms with Crippen LogP contribution < -0.4 is 0 Å². The summed E-state index contributed by atoms with van der Waals surface area (Å²) in [6.45, 7) is 7.88. The van der Waals surface area contributed by atoms with Crippen molar-refractivity contribution in [1.82, 2.24) is 0 Å². The molecule has 1 atom stereocenters. The molecule has 0 heterocycles. The molecule has 0 aromatic carbocycles. The van der Waals surface area contributed by atoms with Gasteiger partial charge in [0.15, 0.2) is 6.10 Å². The van der Waals surface area contributed by atoms with Gasteiger partial charge in [-0.15, -0.1) is 0 Å². The highest BCUT2D eigenvalue weighted by Crippen LogP contribution is 2.16. The number of esters is 2. The van der Waals surface area contributed by atoms with Crippen molar-refractivity contribution >= 4 is 11.9 Å². The minimum Gasteiger partial charge on any atom is -0.462 e. The van der Waals surface area contributed by atoms with Crippen molar-refractivity contribution in [2.75, 3.05) is 19.8 Å². The normalized spacial score (nSPS) is 12.1. The molecule has 5 nitrogen and oxygen atoms in total. The van der Waals surface area contributed by atoms with Gasteiger partial charge in [-0.1, -0.05) is 258 Å². The molecule has 0 aliphatic carbocycles. The fourth-order valence-electron chi connectivity index (χ4n) is 8.21. The zero-order valence-electron chi connectivity index (χ0n) is 41.0. The monoisotopic (exact) mass is 847 g/mol. The van der Waals surface area contributed by atoms with Crippen molar-refractivity contribution in [1.29, 1.82) is 0 Å². The minimum atomic E-state index is -0.527. The molecule has 0 rings (SSSR count). The molecule has 0 N–H and O–H groups in total. The average molecular weight is 847 g/mol. The Hall–Kier alpha value is -1.36. The van der Waals surface area contributed by atoms with Crippen LogP contribution >= 0.6 is 0 Å². The zero-order valence-corrected chi connectivity index (χ0v) is 41.0. The Bertz CT molecular complexity index is 871. The van der Waals surface area contributed by atoms with Crippen molar-refractivity contribution in [2.24, 2.45) is 0 Å². The Kier molecular flexibility index (Phi) is 50.8.